The van der Waals surface area contributed by atoms with Crippen LogP contribution in [0.5, 0.6) is 0 Å². The highest BCUT2D eigenvalue weighted by atomic mass is 16.4. The molecule has 0 aliphatic carbocycles. The number of benzene rings is 2. The summed E-state index contributed by atoms with van der Waals surface area (Å²) >= 11 is 0. The van der Waals surface area contributed by atoms with Gasteiger partial charge in [-0.15, -0.1) is 0 Å². The van der Waals surface area contributed by atoms with E-state index >= 15 is 0 Å². The van der Waals surface area contributed by atoms with Crippen LogP contribution in [0.1, 0.15) is 27.6 Å². The van der Waals surface area contributed by atoms with Crippen LogP contribution >= 0.6 is 0 Å². The molecule has 2 N–H and O–H groups in total. The van der Waals surface area contributed by atoms with E-state index < -0.39 is 5.97 Å². The third kappa shape index (κ3) is 5.21. The van der Waals surface area contributed by atoms with Crippen LogP contribution in [0.2, 0.25) is 0 Å². The minimum absolute atomic E-state index is 0.143. The molecule has 24 heavy (non-hydrogen) atoms. The van der Waals surface area contributed by atoms with E-state index in [-0.39, 0.29) is 5.91 Å². The molecule has 5 nitrogen and oxygen atoms in total. The lowest BCUT2D eigenvalue weighted by Gasteiger charge is -2.31. The zero-order chi connectivity index (χ0) is 17.4. The number of rotatable bonds is 2. The summed E-state index contributed by atoms with van der Waals surface area (Å²) in [5.41, 5.74) is 1.11. The molecule has 0 unspecified atom stereocenters. The summed E-state index contributed by atoms with van der Waals surface area (Å²) in [4.78, 5) is 24.2. The van der Waals surface area contributed by atoms with Gasteiger partial charge in [0.15, 0.2) is 0 Å². The van der Waals surface area contributed by atoms with Crippen LogP contribution < -0.4 is 5.32 Å². The van der Waals surface area contributed by atoms with Crippen molar-refractivity contribution in [2.75, 3.05) is 19.6 Å². The highest BCUT2D eigenvalue weighted by Gasteiger charge is 2.20. The Balaban J connectivity index is 0.000000198. The predicted octanol–water partition coefficient (Wildman–Crippen LogP) is 2.51. The molecule has 1 atom stereocenters. The summed E-state index contributed by atoms with van der Waals surface area (Å²) in [5.74, 6) is -0.737. The van der Waals surface area contributed by atoms with Gasteiger partial charge in [-0.05, 0) is 31.2 Å². The van der Waals surface area contributed by atoms with Gasteiger partial charge in [0, 0.05) is 31.2 Å². The molecule has 126 valence electrons. The van der Waals surface area contributed by atoms with Crippen LogP contribution in [0.4, 0.5) is 0 Å². The maximum atomic E-state index is 12.0. The molecule has 0 bridgehead atoms. The quantitative estimate of drug-likeness (QED) is 0.890. The fourth-order valence-corrected chi connectivity index (χ4v) is 2.46. The molecule has 1 heterocycles. The smallest absolute Gasteiger partial charge is 0.335 e. The molecule has 0 aromatic heterocycles. The number of amides is 1. The molecule has 1 fully saturated rings. The van der Waals surface area contributed by atoms with Gasteiger partial charge in [0.05, 0.1) is 5.56 Å². The largest absolute Gasteiger partial charge is 0.478 e. The number of hydrogen-bond acceptors (Lipinski definition) is 3. The Bertz CT molecular complexity index is 659. The third-order valence-electron chi connectivity index (χ3n) is 3.70. The van der Waals surface area contributed by atoms with Crippen molar-refractivity contribution < 1.29 is 14.7 Å². The zero-order valence-corrected chi connectivity index (χ0v) is 13.7. The van der Waals surface area contributed by atoms with E-state index in [1.165, 1.54) is 0 Å². The third-order valence-corrected chi connectivity index (χ3v) is 3.70. The number of nitrogens with zero attached hydrogens (tertiary/aromatic N) is 1. The second-order valence-electron chi connectivity index (χ2n) is 5.64. The normalized spacial score (nSPS) is 16.7. The maximum Gasteiger partial charge on any atom is 0.335 e. The molecule has 5 heteroatoms. The van der Waals surface area contributed by atoms with Crippen LogP contribution in [-0.4, -0.2) is 47.6 Å². The first-order chi connectivity index (χ1) is 11.6. The fourth-order valence-electron chi connectivity index (χ4n) is 2.46. The lowest BCUT2D eigenvalue weighted by molar-refractivity contribution is 0.0692. The van der Waals surface area contributed by atoms with Gasteiger partial charge in [0.25, 0.3) is 5.91 Å². The van der Waals surface area contributed by atoms with Gasteiger partial charge in [-0.25, -0.2) is 4.79 Å². The molecule has 1 saturated heterocycles. The first-order valence-electron chi connectivity index (χ1n) is 7.94. The second kappa shape index (κ2) is 8.84. The Hall–Kier alpha value is -2.66. The molecule has 2 aromatic rings. The summed E-state index contributed by atoms with van der Waals surface area (Å²) in [5, 5.41) is 11.7. The number of carbonyl (C=O) groups excluding carboxylic acids is 1. The van der Waals surface area contributed by atoms with E-state index in [2.05, 4.69) is 12.2 Å². The van der Waals surface area contributed by atoms with Gasteiger partial charge in [0.2, 0.25) is 0 Å². The van der Waals surface area contributed by atoms with Crippen LogP contribution in [0.15, 0.2) is 60.7 Å². The van der Waals surface area contributed by atoms with Gasteiger partial charge < -0.3 is 15.3 Å². The standard InChI is InChI=1S/C12H16N2O.C7H6O2/c1-10-9-14(8-7-13-10)12(15)11-5-3-2-4-6-11;8-7(9)6-4-2-1-3-5-6/h2-6,10,13H,7-9H2,1H3;1-5H,(H,8,9)/t10-;/m1./s1. The van der Waals surface area contributed by atoms with Crippen molar-refractivity contribution in [1.29, 1.82) is 0 Å². The highest BCUT2D eigenvalue weighted by molar-refractivity contribution is 5.94. The molecule has 0 saturated carbocycles. The van der Waals surface area contributed by atoms with Gasteiger partial charge in [-0.1, -0.05) is 36.4 Å². The Morgan fingerprint density at radius 3 is 2.00 bits per heavy atom. The highest BCUT2D eigenvalue weighted by Crippen LogP contribution is 2.07. The van der Waals surface area contributed by atoms with Gasteiger partial charge >= 0.3 is 5.97 Å². The monoisotopic (exact) mass is 326 g/mol. The van der Waals surface area contributed by atoms with Gasteiger partial charge in [-0.2, -0.15) is 0 Å². The van der Waals surface area contributed by atoms with Crippen LogP contribution in [0.25, 0.3) is 0 Å². The molecule has 1 aliphatic rings. The molecule has 1 aliphatic heterocycles. The lowest BCUT2D eigenvalue weighted by atomic mass is 10.1. The number of hydrogen-bond donors (Lipinski definition) is 2. The molecule has 2 aromatic carbocycles. The topological polar surface area (TPSA) is 69.6 Å². The van der Waals surface area contributed by atoms with Crippen molar-refractivity contribution in [3.05, 3.63) is 71.8 Å². The molecular formula is C19H22N2O3. The number of aromatic carboxylic acids is 1. The second-order valence-corrected chi connectivity index (χ2v) is 5.64. The van der Waals surface area contributed by atoms with E-state index in [9.17, 15) is 9.59 Å². The van der Waals surface area contributed by atoms with Crippen molar-refractivity contribution in [3.8, 4) is 0 Å². The van der Waals surface area contributed by atoms with Crippen LogP contribution in [-0.2, 0) is 0 Å². The van der Waals surface area contributed by atoms with Gasteiger partial charge in [-0.3, -0.25) is 4.79 Å². The van der Waals surface area contributed by atoms with E-state index in [0.717, 1.165) is 25.2 Å². The van der Waals surface area contributed by atoms with E-state index in [4.69, 9.17) is 5.11 Å². The van der Waals surface area contributed by atoms with Crippen molar-refractivity contribution in [3.63, 3.8) is 0 Å². The Morgan fingerprint density at radius 2 is 1.54 bits per heavy atom. The first kappa shape index (κ1) is 17.7. The summed E-state index contributed by atoms with van der Waals surface area (Å²) in [6.45, 7) is 4.59. The van der Waals surface area contributed by atoms with Crippen LogP contribution in [0.3, 0.4) is 0 Å². The Kier molecular flexibility index (Phi) is 6.51. The Morgan fingerprint density at radius 1 is 1.00 bits per heavy atom. The van der Waals surface area contributed by atoms with Crippen molar-refractivity contribution in [2.45, 2.75) is 13.0 Å². The van der Waals surface area contributed by atoms with Crippen molar-refractivity contribution in [1.82, 2.24) is 10.2 Å². The van der Waals surface area contributed by atoms with Crippen LogP contribution in [0, 0.1) is 0 Å². The average Bonchev–Trinajstić information content (AvgIpc) is 2.63. The number of piperazine rings is 1. The molecule has 0 radical (unpaired) electrons. The molecule has 1 amide bonds. The minimum Gasteiger partial charge on any atom is -0.478 e. The zero-order valence-electron chi connectivity index (χ0n) is 13.7. The van der Waals surface area contributed by atoms with Crippen molar-refractivity contribution >= 4 is 11.9 Å². The molecule has 3 rings (SSSR count). The average molecular weight is 326 g/mol. The first-order valence-corrected chi connectivity index (χ1v) is 7.94. The summed E-state index contributed by atoms with van der Waals surface area (Å²) in [6.07, 6.45) is 0. The van der Waals surface area contributed by atoms with E-state index in [1.807, 2.05) is 35.2 Å². The van der Waals surface area contributed by atoms with Crippen molar-refractivity contribution in [2.24, 2.45) is 0 Å². The molecular weight excluding hydrogens is 304 g/mol. The number of nitrogens with one attached hydrogen (secondary N) is 1. The summed E-state index contributed by atoms with van der Waals surface area (Å²) in [7, 11) is 0. The Labute approximate surface area is 141 Å². The number of carboxylic acid groups (broad SMARTS) is 1. The van der Waals surface area contributed by atoms with E-state index in [0.29, 0.717) is 11.6 Å². The minimum atomic E-state index is -0.879. The fraction of sp³-hybridized carbons (Fsp3) is 0.263. The number of carboxylic acids is 1. The maximum absolute atomic E-state index is 12.0. The number of carbonyl (C=O) groups is 2. The van der Waals surface area contributed by atoms with Gasteiger partial charge in [0.1, 0.15) is 0 Å². The summed E-state index contributed by atoms with van der Waals surface area (Å²) in [6, 6.07) is 18.2. The lowest BCUT2D eigenvalue weighted by Crippen LogP contribution is -2.51. The molecule has 0 spiro atoms. The predicted molar refractivity (Wildman–Crippen MR) is 93.2 cm³/mol. The SMILES string of the molecule is C[C@@H]1CN(C(=O)c2ccccc2)CCN1.O=C(O)c1ccccc1. The van der Waals surface area contributed by atoms with E-state index in [1.54, 1.807) is 30.3 Å². The summed E-state index contributed by atoms with van der Waals surface area (Å²) < 4.78 is 0.